The minimum Gasteiger partial charge on any atom is -0.352 e. The third kappa shape index (κ3) is 5.59. The van der Waals surface area contributed by atoms with Crippen molar-refractivity contribution in [3.63, 3.8) is 0 Å². The summed E-state index contributed by atoms with van der Waals surface area (Å²) in [4.78, 5) is 11.9. The Kier molecular flexibility index (Phi) is 7.66. The van der Waals surface area contributed by atoms with E-state index in [1.54, 1.807) is 12.1 Å². The van der Waals surface area contributed by atoms with Crippen molar-refractivity contribution in [3.05, 3.63) is 29.8 Å². The number of sulfone groups is 1. The van der Waals surface area contributed by atoms with E-state index in [2.05, 4.69) is 5.32 Å². The van der Waals surface area contributed by atoms with E-state index in [0.29, 0.717) is 13.1 Å². The lowest BCUT2D eigenvalue weighted by atomic mass is 10.2. The molecule has 1 amide bonds. The van der Waals surface area contributed by atoms with Crippen LogP contribution < -0.4 is 11.1 Å². The van der Waals surface area contributed by atoms with Crippen LogP contribution >= 0.6 is 12.4 Å². The Labute approximate surface area is 119 Å². The van der Waals surface area contributed by atoms with Gasteiger partial charge in [-0.25, -0.2) is 8.42 Å². The molecule has 0 saturated heterocycles. The Morgan fingerprint density at radius 1 is 1.26 bits per heavy atom. The monoisotopic (exact) mass is 306 g/mol. The number of nitrogens with one attached hydrogen (secondary N) is 1. The SMILES string of the molecule is CS(=O)(=O)c1ccccc1C(=O)NCCCCN.Cl. The molecule has 0 aliphatic heterocycles. The number of benzene rings is 1. The number of amides is 1. The second-order valence-electron chi connectivity index (χ2n) is 4.02. The van der Waals surface area contributed by atoms with Gasteiger partial charge in [-0.05, 0) is 31.5 Å². The standard InChI is InChI=1S/C12H18N2O3S.ClH/c1-18(16,17)11-7-3-2-6-10(11)12(15)14-9-5-4-8-13;/h2-3,6-7H,4-5,8-9,13H2,1H3,(H,14,15);1H. The van der Waals surface area contributed by atoms with E-state index in [1.807, 2.05) is 0 Å². The van der Waals surface area contributed by atoms with Gasteiger partial charge < -0.3 is 11.1 Å². The van der Waals surface area contributed by atoms with Gasteiger partial charge in [-0.2, -0.15) is 0 Å². The lowest BCUT2D eigenvalue weighted by Crippen LogP contribution is -2.26. The first-order chi connectivity index (χ1) is 8.46. The van der Waals surface area contributed by atoms with Crippen molar-refractivity contribution in [3.8, 4) is 0 Å². The summed E-state index contributed by atoms with van der Waals surface area (Å²) in [5.41, 5.74) is 5.53. The van der Waals surface area contributed by atoms with Crippen LogP contribution in [-0.2, 0) is 9.84 Å². The molecule has 1 aromatic rings. The molecule has 1 rings (SSSR count). The second-order valence-corrected chi connectivity index (χ2v) is 6.00. The fourth-order valence-electron chi connectivity index (χ4n) is 1.54. The highest BCUT2D eigenvalue weighted by molar-refractivity contribution is 7.90. The van der Waals surface area contributed by atoms with Crippen LogP contribution in [-0.4, -0.2) is 33.7 Å². The van der Waals surface area contributed by atoms with Crippen LogP contribution in [0.4, 0.5) is 0 Å². The predicted octanol–water partition coefficient (Wildman–Crippen LogP) is 0.981. The first kappa shape index (κ1) is 17.9. The summed E-state index contributed by atoms with van der Waals surface area (Å²) in [7, 11) is -3.39. The molecule has 5 nitrogen and oxygen atoms in total. The van der Waals surface area contributed by atoms with E-state index < -0.39 is 9.84 Å². The Morgan fingerprint density at radius 3 is 2.47 bits per heavy atom. The van der Waals surface area contributed by atoms with Gasteiger partial charge in [0.25, 0.3) is 5.91 Å². The number of rotatable bonds is 6. The third-order valence-corrected chi connectivity index (χ3v) is 3.60. The summed E-state index contributed by atoms with van der Waals surface area (Å²) < 4.78 is 23.1. The molecule has 0 radical (unpaired) electrons. The highest BCUT2D eigenvalue weighted by Gasteiger charge is 2.17. The highest BCUT2D eigenvalue weighted by Crippen LogP contribution is 2.14. The molecule has 0 aliphatic rings. The van der Waals surface area contributed by atoms with Gasteiger partial charge in [-0.15, -0.1) is 12.4 Å². The normalized spacial score (nSPS) is 10.6. The minimum absolute atomic E-state index is 0. The van der Waals surface area contributed by atoms with Gasteiger partial charge in [0.05, 0.1) is 10.5 Å². The fourth-order valence-corrected chi connectivity index (χ4v) is 2.43. The van der Waals surface area contributed by atoms with E-state index in [4.69, 9.17) is 5.73 Å². The number of halogens is 1. The molecule has 0 aliphatic carbocycles. The van der Waals surface area contributed by atoms with Gasteiger partial charge >= 0.3 is 0 Å². The van der Waals surface area contributed by atoms with Gasteiger partial charge in [-0.3, -0.25) is 4.79 Å². The molecule has 1 aromatic carbocycles. The van der Waals surface area contributed by atoms with Gasteiger partial charge in [-0.1, -0.05) is 12.1 Å². The van der Waals surface area contributed by atoms with E-state index >= 15 is 0 Å². The van der Waals surface area contributed by atoms with Crippen molar-refractivity contribution < 1.29 is 13.2 Å². The molecule has 3 N–H and O–H groups in total. The third-order valence-electron chi connectivity index (χ3n) is 2.45. The van der Waals surface area contributed by atoms with Crippen molar-refractivity contribution in [1.82, 2.24) is 5.32 Å². The van der Waals surface area contributed by atoms with Gasteiger partial charge in [0.2, 0.25) is 0 Å². The molecule has 0 heterocycles. The average Bonchev–Trinajstić information content (AvgIpc) is 2.33. The average molecular weight is 307 g/mol. The van der Waals surface area contributed by atoms with Crippen molar-refractivity contribution in [2.75, 3.05) is 19.3 Å². The van der Waals surface area contributed by atoms with Crippen LogP contribution in [0.25, 0.3) is 0 Å². The molecule has 0 bridgehead atoms. The summed E-state index contributed by atoms with van der Waals surface area (Å²) in [5, 5.41) is 2.69. The molecular weight excluding hydrogens is 288 g/mol. The Hall–Kier alpha value is -1.11. The zero-order valence-electron chi connectivity index (χ0n) is 10.8. The first-order valence-corrected chi connectivity index (χ1v) is 7.63. The lowest BCUT2D eigenvalue weighted by Gasteiger charge is -2.08. The molecule has 0 atom stereocenters. The molecule has 0 fully saturated rings. The maximum absolute atomic E-state index is 11.9. The van der Waals surface area contributed by atoms with Crippen LogP contribution in [0.5, 0.6) is 0 Å². The largest absolute Gasteiger partial charge is 0.352 e. The van der Waals surface area contributed by atoms with Crippen molar-refractivity contribution in [2.24, 2.45) is 5.73 Å². The summed E-state index contributed by atoms with van der Waals surface area (Å²) in [6.45, 7) is 1.07. The summed E-state index contributed by atoms with van der Waals surface area (Å²) in [6.07, 6.45) is 2.70. The molecule has 108 valence electrons. The topological polar surface area (TPSA) is 89.3 Å². The molecule has 0 spiro atoms. The fraction of sp³-hybridized carbons (Fsp3) is 0.417. The number of hydrogen-bond acceptors (Lipinski definition) is 4. The molecule has 0 unspecified atom stereocenters. The van der Waals surface area contributed by atoms with E-state index in [0.717, 1.165) is 19.1 Å². The molecule has 0 aromatic heterocycles. The Balaban J connectivity index is 0.00000324. The van der Waals surface area contributed by atoms with E-state index in [1.165, 1.54) is 12.1 Å². The summed E-state index contributed by atoms with van der Waals surface area (Å²) >= 11 is 0. The van der Waals surface area contributed by atoms with Crippen LogP contribution in [0.15, 0.2) is 29.2 Å². The molecular formula is C12H19ClN2O3S. The quantitative estimate of drug-likeness (QED) is 0.767. The second kappa shape index (κ2) is 8.14. The first-order valence-electron chi connectivity index (χ1n) is 5.74. The van der Waals surface area contributed by atoms with Crippen LogP contribution in [0.1, 0.15) is 23.2 Å². The minimum atomic E-state index is -3.39. The lowest BCUT2D eigenvalue weighted by molar-refractivity contribution is 0.0949. The van der Waals surface area contributed by atoms with Gasteiger partial charge in [0, 0.05) is 12.8 Å². The van der Waals surface area contributed by atoms with Crippen LogP contribution in [0.3, 0.4) is 0 Å². The van der Waals surface area contributed by atoms with Crippen LogP contribution in [0, 0.1) is 0 Å². The number of unbranched alkanes of at least 4 members (excludes halogenated alkanes) is 1. The molecule has 19 heavy (non-hydrogen) atoms. The van der Waals surface area contributed by atoms with Gasteiger partial charge in [0.15, 0.2) is 9.84 Å². The number of hydrogen-bond donors (Lipinski definition) is 2. The summed E-state index contributed by atoms with van der Waals surface area (Å²) in [6, 6.07) is 6.18. The number of nitrogens with two attached hydrogens (primary N) is 1. The molecule has 7 heteroatoms. The maximum atomic E-state index is 11.9. The number of carbonyl (C=O) groups excluding carboxylic acids is 1. The Bertz CT molecular complexity index is 517. The van der Waals surface area contributed by atoms with Crippen molar-refractivity contribution >= 4 is 28.2 Å². The van der Waals surface area contributed by atoms with E-state index in [9.17, 15) is 13.2 Å². The zero-order valence-corrected chi connectivity index (χ0v) is 12.4. The van der Waals surface area contributed by atoms with Crippen molar-refractivity contribution in [1.29, 1.82) is 0 Å². The van der Waals surface area contributed by atoms with Gasteiger partial charge in [0.1, 0.15) is 0 Å². The maximum Gasteiger partial charge on any atom is 0.252 e. The van der Waals surface area contributed by atoms with E-state index in [-0.39, 0.29) is 28.8 Å². The number of carbonyl (C=O) groups is 1. The predicted molar refractivity (Wildman–Crippen MR) is 77.4 cm³/mol. The molecule has 0 saturated carbocycles. The van der Waals surface area contributed by atoms with Crippen molar-refractivity contribution in [2.45, 2.75) is 17.7 Å². The highest BCUT2D eigenvalue weighted by atomic mass is 35.5. The van der Waals surface area contributed by atoms with Crippen LogP contribution in [0.2, 0.25) is 0 Å². The smallest absolute Gasteiger partial charge is 0.252 e. The Morgan fingerprint density at radius 2 is 1.89 bits per heavy atom. The summed E-state index contributed by atoms with van der Waals surface area (Å²) in [5.74, 6) is -0.368. The zero-order chi connectivity index (χ0) is 13.6.